The lowest BCUT2D eigenvalue weighted by atomic mass is 10.00. The highest BCUT2D eigenvalue weighted by Crippen LogP contribution is 2.34. The Balaban J connectivity index is 2.04. The van der Waals surface area contributed by atoms with Crippen molar-refractivity contribution in [1.29, 1.82) is 0 Å². The Morgan fingerprint density at radius 2 is 2.08 bits per heavy atom. The number of allylic oxidation sites excluding steroid dienone is 1. The van der Waals surface area contributed by atoms with Crippen LogP contribution in [0.1, 0.15) is 38.5 Å². The molecule has 0 bridgehead atoms. The first-order chi connectivity index (χ1) is 12.2. The van der Waals surface area contributed by atoms with Gasteiger partial charge in [-0.25, -0.2) is 0 Å². The van der Waals surface area contributed by atoms with Gasteiger partial charge in [0.15, 0.2) is 0 Å². The van der Waals surface area contributed by atoms with Gasteiger partial charge in [0.05, 0.1) is 16.8 Å². The fourth-order valence-corrected chi connectivity index (χ4v) is 4.76. The predicted octanol–water partition coefficient (Wildman–Crippen LogP) is 3.82. The topological polar surface area (TPSA) is 84.3 Å². The molecule has 136 valence electrons. The van der Waals surface area contributed by atoms with E-state index in [0.717, 1.165) is 37.2 Å². The van der Waals surface area contributed by atoms with Gasteiger partial charge in [-0.2, -0.15) is 0 Å². The Bertz CT molecular complexity index is 624. The number of carbonyl (C=O) groups is 1. The van der Waals surface area contributed by atoms with Crippen LogP contribution >= 0.6 is 34.2 Å². The van der Waals surface area contributed by atoms with Crippen LogP contribution in [0.5, 0.6) is 0 Å². The van der Waals surface area contributed by atoms with Crippen molar-refractivity contribution in [3.05, 3.63) is 34.1 Å². The van der Waals surface area contributed by atoms with E-state index in [1.807, 2.05) is 12.2 Å². The summed E-state index contributed by atoms with van der Waals surface area (Å²) in [7, 11) is 0. The maximum atomic E-state index is 13.1. The van der Waals surface area contributed by atoms with Crippen LogP contribution < -0.4 is 5.32 Å². The molecule has 3 rings (SSSR count). The summed E-state index contributed by atoms with van der Waals surface area (Å²) < 4.78 is 0.541. The van der Waals surface area contributed by atoms with Gasteiger partial charge < -0.3 is 10.2 Å². The number of carbonyl (C=O) groups excluding carboxylic acids is 1. The highest BCUT2D eigenvalue weighted by molar-refractivity contribution is 14.1. The number of hydrogen-bond acceptors (Lipinski definition) is 4. The van der Waals surface area contributed by atoms with Crippen molar-refractivity contribution < 1.29 is 4.79 Å². The van der Waals surface area contributed by atoms with E-state index in [1.54, 1.807) is 4.90 Å². The first kappa shape index (κ1) is 18.7. The second-order valence-corrected chi connectivity index (χ2v) is 7.66. The van der Waals surface area contributed by atoms with E-state index >= 15 is 0 Å². The molecule has 1 amide bonds. The van der Waals surface area contributed by atoms with Crippen molar-refractivity contribution in [3.8, 4) is 0 Å². The molecule has 0 aromatic rings. The minimum Gasteiger partial charge on any atom is -0.351 e. The van der Waals surface area contributed by atoms with Gasteiger partial charge in [0.1, 0.15) is 17.4 Å². The molecule has 0 aromatic carbocycles. The third kappa shape index (κ3) is 3.85. The van der Waals surface area contributed by atoms with E-state index < -0.39 is 6.04 Å². The number of amides is 1. The largest absolute Gasteiger partial charge is 0.351 e. The van der Waals surface area contributed by atoms with Crippen LogP contribution in [-0.2, 0) is 4.79 Å². The molecule has 0 saturated heterocycles. The highest BCUT2D eigenvalue weighted by Gasteiger charge is 2.42. The molecule has 25 heavy (non-hydrogen) atoms. The Kier molecular flexibility index (Phi) is 6.35. The molecule has 7 nitrogen and oxygen atoms in total. The normalized spacial score (nSPS) is 27.5. The summed E-state index contributed by atoms with van der Waals surface area (Å²) in [6.07, 6.45) is 10.6. The summed E-state index contributed by atoms with van der Waals surface area (Å²) in [5.74, 6) is 0.882. The predicted molar refractivity (Wildman–Crippen MR) is 106 cm³/mol. The molecule has 2 heterocycles. The molecule has 0 radical (unpaired) electrons. The fraction of sp³-hybridized carbons (Fsp3) is 0.688. The maximum absolute atomic E-state index is 13.1. The molecule has 1 fully saturated rings. The van der Waals surface area contributed by atoms with Gasteiger partial charge in [0, 0.05) is 11.0 Å². The van der Waals surface area contributed by atoms with Gasteiger partial charge in [-0.1, -0.05) is 65.0 Å². The zero-order valence-corrected chi connectivity index (χ0v) is 16.9. The highest BCUT2D eigenvalue weighted by atomic mass is 127. The molecule has 2 aliphatic heterocycles. The molecule has 1 saturated carbocycles. The van der Waals surface area contributed by atoms with Crippen LogP contribution in [0.4, 0.5) is 0 Å². The van der Waals surface area contributed by atoms with Crippen LogP contribution in [0.2, 0.25) is 0 Å². The second-order valence-electron chi connectivity index (χ2n) is 6.51. The molecule has 1 unspecified atom stereocenters. The summed E-state index contributed by atoms with van der Waals surface area (Å²) in [4.78, 5) is 19.9. The number of hydrogen-bond donors (Lipinski definition) is 1. The number of nitrogens with zero attached hydrogens (tertiary/aromatic N) is 5. The lowest BCUT2D eigenvalue weighted by molar-refractivity contribution is -0.136. The average molecular weight is 477 g/mol. The molecular formula is C16H22ClIN6O. The van der Waals surface area contributed by atoms with Gasteiger partial charge in [-0.05, 0) is 30.5 Å². The number of alkyl halides is 2. The number of dihydropyridines is 1. The van der Waals surface area contributed by atoms with Gasteiger partial charge in [0.2, 0.25) is 0 Å². The first-order valence-electron chi connectivity index (χ1n) is 8.67. The maximum Gasteiger partial charge on any atom is 0.250 e. The third-order valence-electron chi connectivity index (χ3n) is 5.03. The SMILES string of the molecule is [N-]=[N+]=NC[C@@H]1C(=O)N(CI)C2=C(NC(Cl)C=C2)N1C1CCCCCC1. The summed E-state index contributed by atoms with van der Waals surface area (Å²) in [6, 6.07) is -0.218. The molecule has 1 aliphatic carbocycles. The number of halogens is 2. The van der Waals surface area contributed by atoms with Crippen LogP contribution in [0.3, 0.4) is 0 Å². The Labute approximate surface area is 166 Å². The van der Waals surface area contributed by atoms with Crippen LogP contribution in [0.25, 0.3) is 10.4 Å². The third-order valence-corrected chi connectivity index (χ3v) is 5.97. The quantitative estimate of drug-likeness (QED) is 0.127. The van der Waals surface area contributed by atoms with E-state index in [2.05, 4.69) is 42.8 Å². The van der Waals surface area contributed by atoms with Crippen molar-refractivity contribution in [2.75, 3.05) is 11.1 Å². The molecule has 0 aromatic heterocycles. The van der Waals surface area contributed by atoms with Crippen molar-refractivity contribution in [1.82, 2.24) is 15.1 Å². The molecule has 2 atom stereocenters. The molecule has 9 heteroatoms. The smallest absolute Gasteiger partial charge is 0.250 e. The summed E-state index contributed by atoms with van der Waals surface area (Å²) in [5, 5.41) is 7.06. The van der Waals surface area contributed by atoms with Crippen molar-refractivity contribution in [2.24, 2.45) is 5.11 Å². The van der Waals surface area contributed by atoms with Crippen molar-refractivity contribution in [2.45, 2.75) is 56.1 Å². The fourth-order valence-electron chi connectivity index (χ4n) is 3.88. The van der Waals surface area contributed by atoms with Gasteiger partial charge in [-0.15, -0.1) is 0 Å². The number of nitrogens with one attached hydrogen (secondary N) is 1. The second kappa shape index (κ2) is 8.51. The summed E-state index contributed by atoms with van der Waals surface area (Å²) in [5.41, 5.74) is 9.33. The minimum absolute atomic E-state index is 0.00994. The lowest BCUT2D eigenvalue weighted by Crippen LogP contribution is -2.60. The Morgan fingerprint density at radius 1 is 1.36 bits per heavy atom. The van der Waals surface area contributed by atoms with Crippen molar-refractivity contribution in [3.63, 3.8) is 0 Å². The van der Waals surface area contributed by atoms with Crippen LogP contribution in [0, 0.1) is 0 Å². The lowest BCUT2D eigenvalue weighted by Gasteiger charge is -2.48. The van der Waals surface area contributed by atoms with Gasteiger partial charge in [-0.3, -0.25) is 9.69 Å². The van der Waals surface area contributed by atoms with Crippen molar-refractivity contribution >= 4 is 40.1 Å². The standard InChI is InChI=1S/C16H22ClIN6O/c17-14-8-7-12-15(21-14)24(11-5-3-1-2-4-6-11)13(9-20-22-19)16(25)23(12)10-18/h7-8,11,13-14,21H,1-6,9-10H2/t13-,14?/m1/s1. The Morgan fingerprint density at radius 3 is 2.72 bits per heavy atom. The monoisotopic (exact) mass is 476 g/mol. The summed E-state index contributed by atoms with van der Waals surface area (Å²) >= 11 is 8.49. The van der Waals surface area contributed by atoms with Crippen LogP contribution in [-0.4, -0.2) is 44.4 Å². The first-order valence-corrected chi connectivity index (χ1v) is 10.6. The van der Waals surface area contributed by atoms with Gasteiger partial charge >= 0.3 is 0 Å². The summed E-state index contributed by atoms with van der Waals surface area (Å²) in [6.45, 7) is 0.133. The zero-order valence-electron chi connectivity index (χ0n) is 13.9. The van der Waals surface area contributed by atoms with Crippen LogP contribution in [0.15, 0.2) is 28.8 Å². The van der Waals surface area contributed by atoms with E-state index in [-0.39, 0.29) is 24.0 Å². The minimum atomic E-state index is -0.476. The zero-order chi connectivity index (χ0) is 17.8. The van der Waals surface area contributed by atoms with E-state index in [0.29, 0.717) is 4.55 Å². The molecule has 0 spiro atoms. The van der Waals surface area contributed by atoms with E-state index in [9.17, 15) is 4.79 Å². The number of azide groups is 1. The molecular weight excluding hydrogens is 455 g/mol. The number of rotatable bonds is 4. The average Bonchev–Trinajstić information content (AvgIpc) is 2.89. The molecule has 1 N–H and O–H groups in total. The Hall–Kier alpha value is -1.12. The van der Waals surface area contributed by atoms with E-state index in [4.69, 9.17) is 17.1 Å². The molecule has 3 aliphatic rings. The van der Waals surface area contributed by atoms with Gasteiger partial charge in [0.25, 0.3) is 5.91 Å². The van der Waals surface area contributed by atoms with E-state index in [1.165, 1.54) is 12.8 Å².